The van der Waals surface area contributed by atoms with Crippen molar-refractivity contribution in [2.45, 2.75) is 12.7 Å². The van der Waals surface area contributed by atoms with Crippen LogP contribution < -0.4 is 0 Å². The summed E-state index contributed by atoms with van der Waals surface area (Å²) in [6, 6.07) is 0. The molecule has 0 atom stereocenters. The lowest BCUT2D eigenvalue weighted by molar-refractivity contribution is 0.109. The fraction of sp³-hybridized carbons (Fsp3) is 0.333. The number of aromatic nitrogens is 1. The van der Waals surface area contributed by atoms with Gasteiger partial charge < -0.3 is 0 Å². The average Bonchev–Trinajstić information content (AvgIpc) is 2.35. The molecule has 0 aromatic carbocycles. The number of carbonyl (C=O) groups is 1. The molecule has 1 aromatic heterocycles. The normalized spacial score (nSPS) is 15.9. The van der Waals surface area contributed by atoms with E-state index in [2.05, 4.69) is 4.98 Å². The molecule has 10 heavy (non-hydrogen) atoms. The molecule has 0 aliphatic carbocycles. The first-order valence-electron chi connectivity index (χ1n) is 2.91. The average molecular weight is 171 g/mol. The molecule has 0 spiro atoms. The second-order valence-corrected chi connectivity index (χ2v) is 4.24. The minimum Gasteiger partial charge on any atom is -0.281 e. The quantitative estimate of drug-likeness (QED) is 0.596. The van der Waals surface area contributed by atoms with E-state index in [1.54, 1.807) is 0 Å². The van der Waals surface area contributed by atoms with Gasteiger partial charge in [0.1, 0.15) is 4.88 Å². The highest BCUT2D eigenvalue weighted by Gasteiger charge is 2.23. The van der Waals surface area contributed by atoms with Crippen molar-refractivity contribution in [1.29, 1.82) is 0 Å². The first-order valence-corrected chi connectivity index (χ1v) is 4.71. The van der Waals surface area contributed by atoms with Crippen LogP contribution in [0.2, 0.25) is 0 Å². The van der Waals surface area contributed by atoms with Crippen LogP contribution in [0.15, 0.2) is 0 Å². The molecule has 1 aromatic rings. The van der Waals surface area contributed by atoms with Gasteiger partial charge in [-0.25, -0.2) is 4.98 Å². The third-order valence-electron chi connectivity index (χ3n) is 1.33. The Bertz CT molecular complexity index is 292. The first-order chi connectivity index (χ1) is 4.77. The van der Waals surface area contributed by atoms with Crippen molar-refractivity contribution in [2.24, 2.45) is 0 Å². The van der Waals surface area contributed by atoms with E-state index in [4.69, 9.17) is 0 Å². The number of thiazole rings is 1. The van der Waals surface area contributed by atoms with Crippen LogP contribution in [-0.2, 0) is 5.75 Å². The Morgan fingerprint density at radius 3 is 3.10 bits per heavy atom. The molecule has 52 valence electrons. The summed E-state index contributed by atoms with van der Waals surface area (Å²) in [5.74, 6) is 0.776. The van der Waals surface area contributed by atoms with Gasteiger partial charge in [-0.3, -0.25) is 4.79 Å². The molecule has 1 aliphatic heterocycles. The molecule has 1 aliphatic rings. The Morgan fingerprint density at radius 1 is 1.60 bits per heavy atom. The van der Waals surface area contributed by atoms with Crippen LogP contribution in [0.3, 0.4) is 0 Å². The molecular formula is C6H5NOS2. The maximum absolute atomic E-state index is 11.0. The molecule has 0 fully saturated rings. The van der Waals surface area contributed by atoms with E-state index < -0.39 is 0 Å². The Balaban J connectivity index is 2.59. The van der Waals surface area contributed by atoms with Crippen LogP contribution in [0, 0.1) is 6.92 Å². The van der Waals surface area contributed by atoms with Crippen LogP contribution in [0.5, 0.6) is 0 Å². The highest BCUT2D eigenvalue weighted by Crippen LogP contribution is 2.33. The van der Waals surface area contributed by atoms with Crippen molar-refractivity contribution >= 4 is 28.2 Å². The third-order valence-corrected chi connectivity index (χ3v) is 3.35. The number of carbonyl (C=O) groups excluding carboxylic acids is 1. The zero-order valence-corrected chi connectivity index (χ0v) is 7.01. The number of rotatable bonds is 0. The molecule has 0 N–H and O–H groups in total. The third kappa shape index (κ3) is 0.793. The van der Waals surface area contributed by atoms with Crippen molar-refractivity contribution < 1.29 is 4.79 Å². The highest BCUT2D eigenvalue weighted by molar-refractivity contribution is 8.14. The molecule has 2 rings (SSSR count). The zero-order valence-electron chi connectivity index (χ0n) is 5.38. The summed E-state index contributed by atoms with van der Waals surface area (Å²) in [4.78, 5) is 16.1. The molecule has 0 amide bonds. The molecular weight excluding hydrogens is 166 g/mol. The van der Waals surface area contributed by atoms with Gasteiger partial charge in [-0.2, -0.15) is 0 Å². The van der Waals surface area contributed by atoms with Crippen molar-refractivity contribution in [3.63, 3.8) is 0 Å². The van der Waals surface area contributed by atoms with E-state index in [1.165, 1.54) is 23.1 Å². The summed E-state index contributed by atoms with van der Waals surface area (Å²) in [6.45, 7) is 1.93. The smallest absolute Gasteiger partial charge is 0.231 e. The Hall–Kier alpha value is -0.350. The number of hydrogen-bond acceptors (Lipinski definition) is 4. The van der Waals surface area contributed by atoms with E-state index in [1.807, 2.05) is 6.92 Å². The minimum atomic E-state index is 0.195. The fourth-order valence-electron chi connectivity index (χ4n) is 0.927. The van der Waals surface area contributed by atoms with E-state index in [0.717, 1.165) is 21.3 Å². The SMILES string of the molecule is Cc1nc2c(s1)C(=O)SC2. The Labute approximate surface area is 66.7 Å². The molecule has 0 bridgehead atoms. The van der Waals surface area contributed by atoms with E-state index in [9.17, 15) is 4.79 Å². The van der Waals surface area contributed by atoms with E-state index in [0.29, 0.717) is 0 Å². The van der Waals surface area contributed by atoms with Gasteiger partial charge in [-0.05, 0) is 6.92 Å². The molecule has 0 saturated heterocycles. The van der Waals surface area contributed by atoms with Gasteiger partial charge in [0.2, 0.25) is 5.12 Å². The van der Waals surface area contributed by atoms with Crippen LogP contribution in [0.4, 0.5) is 0 Å². The summed E-state index contributed by atoms with van der Waals surface area (Å²) in [5.41, 5.74) is 0.984. The summed E-state index contributed by atoms with van der Waals surface area (Å²) in [7, 11) is 0. The maximum atomic E-state index is 11.0. The Kier molecular flexibility index (Phi) is 1.32. The van der Waals surface area contributed by atoms with Crippen LogP contribution in [-0.4, -0.2) is 10.1 Å². The topological polar surface area (TPSA) is 30.0 Å². The fourth-order valence-corrected chi connectivity index (χ4v) is 2.82. The van der Waals surface area contributed by atoms with Gasteiger partial charge in [0, 0.05) is 5.75 Å². The van der Waals surface area contributed by atoms with Crippen molar-refractivity contribution in [3.05, 3.63) is 15.6 Å². The van der Waals surface area contributed by atoms with E-state index >= 15 is 0 Å². The van der Waals surface area contributed by atoms with Crippen LogP contribution in [0.1, 0.15) is 20.4 Å². The lowest BCUT2D eigenvalue weighted by atomic mass is 10.4. The molecule has 2 nitrogen and oxygen atoms in total. The van der Waals surface area contributed by atoms with Crippen molar-refractivity contribution in [2.75, 3.05) is 0 Å². The van der Waals surface area contributed by atoms with Gasteiger partial charge in [0.25, 0.3) is 0 Å². The lowest BCUT2D eigenvalue weighted by Gasteiger charge is -1.80. The van der Waals surface area contributed by atoms with Gasteiger partial charge >= 0.3 is 0 Å². The Morgan fingerprint density at radius 2 is 2.40 bits per heavy atom. The summed E-state index contributed by atoms with van der Waals surface area (Å²) >= 11 is 2.85. The summed E-state index contributed by atoms with van der Waals surface area (Å²) < 4.78 is 0. The van der Waals surface area contributed by atoms with Crippen LogP contribution in [0.25, 0.3) is 0 Å². The lowest BCUT2D eigenvalue weighted by Crippen LogP contribution is -1.79. The minimum absolute atomic E-state index is 0.195. The summed E-state index contributed by atoms with van der Waals surface area (Å²) in [5, 5.41) is 1.19. The van der Waals surface area contributed by atoms with Gasteiger partial charge in [-0.1, -0.05) is 11.8 Å². The number of aryl methyl sites for hydroxylation is 1. The molecule has 0 radical (unpaired) electrons. The predicted molar refractivity (Wildman–Crippen MR) is 42.5 cm³/mol. The second kappa shape index (κ2) is 2.07. The summed E-state index contributed by atoms with van der Waals surface area (Å²) in [6.07, 6.45) is 0. The molecule has 0 unspecified atom stereocenters. The zero-order chi connectivity index (χ0) is 7.14. The predicted octanol–water partition coefficient (Wildman–Crippen LogP) is 1.84. The number of thioether (sulfide) groups is 1. The van der Waals surface area contributed by atoms with Gasteiger partial charge in [-0.15, -0.1) is 11.3 Å². The number of nitrogens with zero attached hydrogens (tertiary/aromatic N) is 1. The number of fused-ring (bicyclic) bond motifs is 1. The first kappa shape index (κ1) is 6.37. The largest absolute Gasteiger partial charge is 0.281 e. The van der Waals surface area contributed by atoms with Crippen molar-refractivity contribution in [3.8, 4) is 0 Å². The molecule has 0 saturated carbocycles. The standard InChI is InChI=1S/C6H5NOS2/c1-3-7-4-2-9-6(8)5(4)10-3/h2H2,1H3. The van der Waals surface area contributed by atoms with Crippen molar-refractivity contribution in [1.82, 2.24) is 4.98 Å². The van der Waals surface area contributed by atoms with Gasteiger partial charge in [0.15, 0.2) is 0 Å². The van der Waals surface area contributed by atoms with E-state index in [-0.39, 0.29) is 5.12 Å². The molecule has 2 heterocycles. The van der Waals surface area contributed by atoms with Gasteiger partial charge in [0.05, 0.1) is 10.7 Å². The maximum Gasteiger partial charge on any atom is 0.231 e. The monoisotopic (exact) mass is 171 g/mol. The second-order valence-electron chi connectivity index (χ2n) is 2.08. The highest BCUT2D eigenvalue weighted by atomic mass is 32.2. The molecule has 4 heteroatoms. The van der Waals surface area contributed by atoms with Crippen LogP contribution >= 0.6 is 23.1 Å². The number of hydrogen-bond donors (Lipinski definition) is 0.